The van der Waals surface area contributed by atoms with Gasteiger partial charge in [-0.05, 0) is 33.6 Å². The topological polar surface area (TPSA) is 37.3 Å². The third-order valence-electron chi connectivity index (χ3n) is 3.25. The van der Waals surface area contributed by atoms with Gasteiger partial charge in [-0.3, -0.25) is 4.79 Å². The summed E-state index contributed by atoms with van der Waals surface area (Å²) in [6.45, 7) is 1.66. The zero-order valence-electron chi connectivity index (χ0n) is 10.6. The van der Waals surface area contributed by atoms with Gasteiger partial charge in [0.15, 0.2) is 0 Å². The minimum absolute atomic E-state index is 0.0314. The molecule has 0 spiro atoms. The minimum Gasteiger partial charge on any atom is -0.317 e. The second kappa shape index (κ2) is 4.83. The lowest BCUT2D eigenvalue weighted by molar-refractivity contribution is 0.299. The molecule has 3 rings (SSSR count). The van der Waals surface area contributed by atoms with Crippen molar-refractivity contribution in [1.29, 1.82) is 0 Å². The molecule has 0 atom stereocenters. The second-order valence-corrected chi connectivity index (χ2v) is 5.50. The Morgan fingerprint density at radius 3 is 2.95 bits per heavy atom. The summed E-state index contributed by atoms with van der Waals surface area (Å²) in [4.78, 5) is 12.0. The van der Waals surface area contributed by atoms with Crippen molar-refractivity contribution in [1.82, 2.24) is 15.0 Å². The van der Waals surface area contributed by atoms with E-state index < -0.39 is 0 Å². The maximum absolute atomic E-state index is 12.0. The van der Waals surface area contributed by atoms with Crippen molar-refractivity contribution in [3.8, 4) is 0 Å². The third-order valence-corrected chi connectivity index (χ3v) is 3.88. The van der Waals surface area contributed by atoms with E-state index in [1.807, 2.05) is 29.5 Å². The van der Waals surface area contributed by atoms with Gasteiger partial charge in [-0.1, -0.05) is 12.1 Å². The molecule has 0 aliphatic carbocycles. The van der Waals surface area contributed by atoms with Gasteiger partial charge in [0.25, 0.3) is 5.56 Å². The number of aromatic nitrogens is 1. The van der Waals surface area contributed by atoms with Crippen LogP contribution in [0.25, 0.3) is 10.8 Å². The maximum atomic E-state index is 12.0. The number of hydrogen-bond donors (Lipinski definition) is 1. The van der Waals surface area contributed by atoms with E-state index in [1.165, 1.54) is 5.56 Å². The van der Waals surface area contributed by atoms with Crippen LogP contribution >= 0.6 is 15.9 Å². The lowest BCUT2D eigenvalue weighted by atomic mass is 10.1. The molecule has 1 aromatic heterocycles. The van der Waals surface area contributed by atoms with E-state index in [9.17, 15) is 4.79 Å². The zero-order chi connectivity index (χ0) is 13.4. The van der Waals surface area contributed by atoms with Crippen molar-refractivity contribution in [2.24, 2.45) is 7.05 Å². The summed E-state index contributed by atoms with van der Waals surface area (Å²) in [6, 6.07) is 5.97. The summed E-state index contributed by atoms with van der Waals surface area (Å²) in [7, 11) is 1.76. The Balaban J connectivity index is 2.05. The molecular formula is C14H14BrN3O. The molecular weight excluding hydrogens is 306 g/mol. The van der Waals surface area contributed by atoms with Gasteiger partial charge in [0.2, 0.25) is 0 Å². The number of hydrazine groups is 1. The van der Waals surface area contributed by atoms with Crippen molar-refractivity contribution >= 4 is 26.7 Å². The van der Waals surface area contributed by atoms with Crippen molar-refractivity contribution < 1.29 is 0 Å². The molecule has 1 aromatic carbocycles. The van der Waals surface area contributed by atoms with E-state index in [4.69, 9.17) is 0 Å². The molecule has 2 aromatic rings. The predicted octanol–water partition coefficient (Wildman–Crippen LogP) is 2.13. The van der Waals surface area contributed by atoms with E-state index in [2.05, 4.69) is 33.5 Å². The molecule has 0 radical (unpaired) electrons. The van der Waals surface area contributed by atoms with Crippen molar-refractivity contribution in [2.75, 3.05) is 6.54 Å². The highest BCUT2D eigenvalue weighted by molar-refractivity contribution is 9.10. The average Bonchev–Trinajstić information content (AvgIpc) is 2.89. The van der Waals surface area contributed by atoms with Crippen LogP contribution < -0.4 is 11.0 Å². The summed E-state index contributed by atoms with van der Waals surface area (Å²) in [6.07, 6.45) is 5.92. The van der Waals surface area contributed by atoms with Crippen molar-refractivity contribution in [2.45, 2.75) is 6.54 Å². The van der Waals surface area contributed by atoms with Gasteiger partial charge in [0.1, 0.15) is 0 Å². The van der Waals surface area contributed by atoms with E-state index in [0.717, 1.165) is 28.3 Å². The molecule has 5 heteroatoms. The molecule has 0 bridgehead atoms. The summed E-state index contributed by atoms with van der Waals surface area (Å²) < 4.78 is 2.54. The van der Waals surface area contributed by atoms with Gasteiger partial charge in [-0.15, -0.1) is 0 Å². The summed E-state index contributed by atoms with van der Waals surface area (Å²) in [5.41, 5.74) is 4.43. The molecule has 1 aliphatic rings. The van der Waals surface area contributed by atoms with E-state index in [1.54, 1.807) is 11.6 Å². The van der Waals surface area contributed by atoms with Crippen LogP contribution in [0.3, 0.4) is 0 Å². The van der Waals surface area contributed by atoms with Crippen LogP contribution in [0.1, 0.15) is 5.56 Å². The first-order valence-corrected chi connectivity index (χ1v) is 6.89. The normalized spacial score (nSPS) is 14.5. The Morgan fingerprint density at radius 2 is 2.21 bits per heavy atom. The number of nitrogens with zero attached hydrogens (tertiary/aromatic N) is 2. The Bertz CT molecular complexity index is 720. The number of nitrogens with one attached hydrogen (secondary N) is 1. The fraction of sp³-hybridized carbons (Fsp3) is 0.214. The number of halogens is 1. The summed E-state index contributed by atoms with van der Waals surface area (Å²) in [5, 5.41) is 3.74. The predicted molar refractivity (Wildman–Crippen MR) is 79.6 cm³/mol. The van der Waals surface area contributed by atoms with Gasteiger partial charge in [0.05, 0.1) is 6.54 Å². The van der Waals surface area contributed by atoms with Gasteiger partial charge < -0.3 is 9.58 Å². The number of rotatable bonds is 2. The molecule has 0 fully saturated rings. The van der Waals surface area contributed by atoms with Gasteiger partial charge in [-0.2, -0.15) is 0 Å². The number of pyridine rings is 1. The van der Waals surface area contributed by atoms with E-state index in [-0.39, 0.29) is 5.56 Å². The number of fused-ring (bicyclic) bond motifs is 1. The molecule has 1 aliphatic heterocycles. The Morgan fingerprint density at radius 1 is 1.37 bits per heavy atom. The first kappa shape index (κ1) is 12.4. The first-order chi connectivity index (χ1) is 9.15. The van der Waals surface area contributed by atoms with Crippen LogP contribution in [0.15, 0.2) is 45.9 Å². The molecule has 1 N–H and O–H groups in total. The highest BCUT2D eigenvalue weighted by atomic mass is 79.9. The lowest BCUT2D eigenvalue weighted by Crippen LogP contribution is -2.28. The molecule has 0 saturated carbocycles. The van der Waals surface area contributed by atoms with Crippen LogP contribution in [0.2, 0.25) is 0 Å². The van der Waals surface area contributed by atoms with Crippen LogP contribution in [0.5, 0.6) is 0 Å². The van der Waals surface area contributed by atoms with Crippen LogP contribution in [-0.4, -0.2) is 16.1 Å². The highest BCUT2D eigenvalue weighted by Crippen LogP contribution is 2.22. The average molecular weight is 320 g/mol. The minimum atomic E-state index is 0.0314. The van der Waals surface area contributed by atoms with Crippen molar-refractivity contribution in [3.63, 3.8) is 0 Å². The van der Waals surface area contributed by atoms with Crippen molar-refractivity contribution in [3.05, 3.63) is 57.1 Å². The smallest absolute Gasteiger partial charge is 0.258 e. The number of aryl methyl sites for hydroxylation is 1. The molecule has 4 nitrogen and oxygen atoms in total. The molecule has 98 valence electrons. The molecule has 0 unspecified atom stereocenters. The first-order valence-electron chi connectivity index (χ1n) is 6.10. The maximum Gasteiger partial charge on any atom is 0.258 e. The summed E-state index contributed by atoms with van der Waals surface area (Å²) >= 11 is 3.53. The molecule has 2 heterocycles. The third kappa shape index (κ3) is 2.31. The molecule has 0 saturated heterocycles. The number of benzene rings is 1. The van der Waals surface area contributed by atoms with E-state index in [0.29, 0.717) is 0 Å². The second-order valence-electron chi connectivity index (χ2n) is 4.65. The van der Waals surface area contributed by atoms with Gasteiger partial charge >= 0.3 is 0 Å². The Labute approximate surface area is 119 Å². The standard InChI is InChI=1S/C14H14BrN3O/c1-17-9-13(15)12-7-10(3-4-11(12)14(17)19)8-18-6-2-5-16-18/h2-4,6-7,9,16H,5,8H2,1H3. The molecule has 19 heavy (non-hydrogen) atoms. The number of hydrogen-bond acceptors (Lipinski definition) is 3. The largest absolute Gasteiger partial charge is 0.317 e. The Hall–Kier alpha value is -1.59. The highest BCUT2D eigenvalue weighted by Gasteiger charge is 2.09. The Kier molecular flexibility index (Phi) is 3.16. The van der Waals surface area contributed by atoms with Gasteiger partial charge in [-0.25, -0.2) is 5.43 Å². The SMILES string of the molecule is Cn1cc(Br)c2cc(CN3C=CCN3)ccc2c1=O. The quantitative estimate of drug-likeness (QED) is 0.921. The monoisotopic (exact) mass is 319 g/mol. The fourth-order valence-electron chi connectivity index (χ4n) is 2.27. The zero-order valence-corrected chi connectivity index (χ0v) is 12.1. The van der Waals surface area contributed by atoms with Crippen LogP contribution in [-0.2, 0) is 13.6 Å². The summed E-state index contributed by atoms with van der Waals surface area (Å²) in [5.74, 6) is 0. The lowest BCUT2D eigenvalue weighted by Gasteiger charge is -2.16. The van der Waals surface area contributed by atoms with E-state index >= 15 is 0 Å². The van der Waals surface area contributed by atoms with Crippen LogP contribution in [0.4, 0.5) is 0 Å². The molecule has 0 amide bonds. The van der Waals surface area contributed by atoms with Gasteiger partial charge in [0, 0.05) is 41.2 Å². The fourth-order valence-corrected chi connectivity index (χ4v) is 2.91. The van der Waals surface area contributed by atoms with Crippen LogP contribution in [0, 0.1) is 0 Å².